The average Bonchev–Trinajstić information content (AvgIpc) is 3.21. The molecule has 0 atom stereocenters. The number of rotatable bonds is 6. The number of nitrogens with zero attached hydrogens (tertiary/aromatic N) is 4. The number of anilines is 1. The number of hydrogen-bond donors (Lipinski definition) is 1. The Morgan fingerprint density at radius 2 is 1.80 bits per heavy atom. The fraction of sp³-hybridized carbons (Fsp3) is 0.0909. The molecular weight excluding hydrogens is 418 g/mol. The first-order valence-corrected chi connectivity index (χ1v) is 10.6. The van der Waals surface area contributed by atoms with E-state index in [1.54, 1.807) is 18.5 Å². The summed E-state index contributed by atoms with van der Waals surface area (Å²) in [6, 6.07) is 19.0. The molecule has 4 aromatic rings. The van der Waals surface area contributed by atoms with Crippen LogP contribution >= 0.6 is 23.4 Å². The fourth-order valence-electron chi connectivity index (χ4n) is 2.92. The number of pyridine rings is 1. The minimum atomic E-state index is -0.140. The summed E-state index contributed by atoms with van der Waals surface area (Å²) < 4.78 is 1.94. The van der Waals surface area contributed by atoms with E-state index in [1.807, 2.05) is 66.1 Å². The molecule has 0 radical (unpaired) electrons. The minimum Gasteiger partial charge on any atom is -0.325 e. The number of thioether (sulfide) groups is 1. The number of amides is 1. The van der Waals surface area contributed by atoms with Crippen molar-refractivity contribution >= 4 is 35.0 Å². The van der Waals surface area contributed by atoms with Gasteiger partial charge in [0.2, 0.25) is 5.91 Å². The van der Waals surface area contributed by atoms with Gasteiger partial charge in [0.15, 0.2) is 11.0 Å². The Labute approximate surface area is 183 Å². The molecule has 4 rings (SSSR count). The van der Waals surface area contributed by atoms with Crippen LogP contribution in [0.3, 0.4) is 0 Å². The lowest BCUT2D eigenvalue weighted by Crippen LogP contribution is -2.15. The van der Waals surface area contributed by atoms with Crippen molar-refractivity contribution in [2.75, 3.05) is 11.1 Å². The number of hydrogen-bond acceptors (Lipinski definition) is 5. The second-order valence-electron chi connectivity index (χ2n) is 6.46. The van der Waals surface area contributed by atoms with Crippen LogP contribution in [0.25, 0.3) is 17.1 Å². The van der Waals surface area contributed by atoms with Crippen molar-refractivity contribution in [1.82, 2.24) is 19.7 Å². The number of benzene rings is 2. The van der Waals surface area contributed by atoms with Crippen LogP contribution in [0, 0.1) is 6.92 Å². The van der Waals surface area contributed by atoms with Gasteiger partial charge in [0.25, 0.3) is 0 Å². The molecule has 0 fully saturated rings. The van der Waals surface area contributed by atoms with Crippen LogP contribution in [-0.2, 0) is 4.79 Å². The average molecular weight is 436 g/mol. The highest BCUT2D eigenvalue weighted by atomic mass is 35.5. The largest absolute Gasteiger partial charge is 0.325 e. The van der Waals surface area contributed by atoms with Crippen molar-refractivity contribution in [3.05, 3.63) is 83.6 Å². The maximum atomic E-state index is 12.5. The number of carbonyl (C=O) groups excluding carboxylic acids is 1. The van der Waals surface area contributed by atoms with Crippen LogP contribution in [0.1, 0.15) is 5.56 Å². The van der Waals surface area contributed by atoms with Gasteiger partial charge < -0.3 is 5.32 Å². The van der Waals surface area contributed by atoms with Gasteiger partial charge in [0, 0.05) is 34.4 Å². The van der Waals surface area contributed by atoms with Gasteiger partial charge in [-0.15, -0.1) is 10.2 Å². The Morgan fingerprint density at radius 3 is 2.57 bits per heavy atom. The van der Waals surface area contributed by atoms with E-state index in [0.717, 1.165) is 16.8 Å². The first-order valence-electron chi connectivity index (χ1n) is 9.22. The van der Waals surface area contributed by atoms with Crippen LogP contribution in [0.2, 0.25) is 5.02 Å². The topological polar surface area (TPSA) is 72.7 Å². The summed E-state index contributed by atoms with van der Waals surface area (Å²) in [6.07, 6.45) is 3.43. The molecule has 0 saturated heterocycles. The highest BCUT2D eigenvalue weighted by molar-refractivity contribution is 7.99. The quantitative estimate of drug-likeness (QED) is 0.430. The zero-order valence-corrected chi connectivity index (χ0v) is 17.7. The molecule has 0 aliphatic rings. The molecule has 0 bridgehead atoms. The van der Waals surface area contributed by atoms with Crippen LogP contribution in [0.4, 0.5) is 5.69 Å². The zero-order valence-electron chi connectivity index (χ0n) is 16.1. The van der Waals surface area contributed by atoms with Crippen LogP contribution in [0.5, 0.6) is 0 Å². The highest BCUT2D eigenvalue weighted by Gasteiger charge is 2.17. The number of halogens is 1. The minimum absolute atomic E-state index is 0.140. The number of aromatic nitrogens is 4. The predicted octanol–water partition coefficient (Wildman–Crippen LogP) is 5.02. The molecule has 2 aromatic carbocycles. The Kier molecular flexibility index (Phi) is 6.11. The third-order valence-electron chi connectivity index (χ3n) is 4.46. The lowest BCUT2D eigenvalue weighted by molar-refractivity contribution is -0.113. The first kappa shape index (κ1) is 20.1. The molecular formula is C22H18ClN5OS. The third kappa shape index (κ3) is 4.37. The maximum Gasteiger partial charge on any atom is 0.234 e. The lowest BCUT2D eigenvalue weighted by atomic mass is 10.2. The van der Waals surface area contributed by atoms with E-state index in [1.165, 1.54) is 11.8 Å². The standard InChI is InChI=1S/C22H18ClN5OS/c1-15-18(23)8-5-9-19(15)25-20(29)14-30-22-27-26-21(16-10-12-24-13-11-16)28(22)17-6-3-2-4-7-17/h2-13H,14H2,1H3,(H,25,29). The molecule has 30 heavy (non-hydrogen) atoms. The summed E-state index contributed by atoms with van der Waals surface area (Å²) in [6.45, 7) is 1.87. The highest BCUT2D eigenvalue weighted by Crippen LogP contribution is 2.28. The molecule has 150 valence electrons. The lowest BCUT2D eigenvalue weighted by Gasteiger charge is -2.11. The van der Waals surface area contributed by atoms with E-state index in [9.17, 15) is 4.79 Å². The normalized spacial score (nSPS) is 10.7. The van der Waals surface area contributed by atoms with Gasteiger partial charge in [-0.05, 0) is 48.9 Å². The Bertz CT molecular complexity index is 1160. The van der Waals surface area contributed by atoms with Crippen molar-refractivity contribution in [3.63, 3.8) is 0 Å². The second kappa shape index (κ2) is 9.11. The van der Waals surface area contributed by atoms with E-state index in [0.29, 0.717) is 21.7 Å². The van der Waals surface area contributed by atoms with Crippen LogP contribution in [-0.4, -0.2) is 31.4 Å². The van der Waals surface area contributed by atoms with E-state index in [2.05, 4.69) is 20.5 Å². The summed E-state index contributed by atoms with van der Waals surface area (Å²) in [5.74, 6) is 0.739. The van der Waals surface area contributed by atoms with Gasteiger partial charge in [-0.25, -0.2) is 0 Å². The third-order valence-corrected chi connectivity index (χ3v) is 5.80. The van der Waals surface area contributed by atoms with Gasteiger partial charge in [-0.1, -0.05) is 47.6 Å². The summed E-state index contributed by atoms with van der Waals surface area (Å²) in [4.78, 5) is 16.6. The molecule has 0 unspecified atom stereocenters. The van der Waals surface area contributed by atoms with E-state index < -0.39 is 0 Å². The van der Waals surface area contributed by atoms with Crippen molar-refractivity contribution in [2.45, 2.75) is 12.1 Å². The van der Waals surface area contributed by atoms with Crippen molar-refractivity contribution < 1.29 is 4.79 Å². The van der Waals surface area contributed by atoms with Gasteiger partial charge in [0.1, 0.15) is 0 Å². The summed E-state index contributed by atoms with van der Waals surface area (Å²) in [7, 11) is 0. The molecule has 6 nitrogen and oxygen atoms in total. The SMILES string of the molecule is Cc1c(Cl)cccc1NC(=O)CSc1nnc(-c2ccncc2)n1-c1ccccc1. The number of carbonyl (C=O) groups is 1. The molecule has 0 aliphatic carbocycles. The Morgan fingerprint density at radius 1 is 1.03 bits per heavy atom. The second-order valence-corrected chi connectivity index (χ2v) is 7.81. The zero-order chi connectivity index (χ0) is 20.9. The summed E-state index contributed by atoms with van der Waals surface area (Å²) in [5, 5.41) is 12.9. The van der Waals surface area contributed by atoms with Crippen molar-refractivity contribution in [1.29, 1.82) is 0 Å². The first-order chi connectivity index (χ1) is 14.6. The molecule has 8 heteroatoms. The van der Waals surface area contributed by atoms with Crippen LogP contribution < -0.4 is 5.32 Å². The van der Waals surface area contributed by atoms with E-state index >= 15 is 0 Å². The number of nitrogens with one attached hydrogen (secondary N) is 1. The molecule has 0 saturated carbocycles. The van der Waals surface area contributed by atoms with Crippen molar-refractivity contribution in [2.24, 2.45) is 0 Å². The molecule has 2 heterocycles. The van der Waals surface area contributed by atoms with Gasteiger partial charge in [-0.2, -0.15) is 0 Å². The van der Waals surface area contributed by atoms with Crippen molar-refractivity contribution in [3.8, 4) is 17.1 Å². The van der Waals surface area contributed by atoms with Gasteiger partial charge in [-0.3, -0.25) is 14.3 Å². The van der Waals surface area contributed by atoms with E-state index in [-0.39, 0.29) is 11.7 Å². The predicted molar refractivity (Wildman–Crippen MR) is 120 cm³/mol. The fourth-order valence-corrected chi connectivity index (χ4v) is 3.85. The molecule has 0 spiro atoms. The maximum absolute atomic E-state index is 12.5. The summed E-state index contributed by atoms with van der Waals surface area (Å²) >= 11 is 7.46. The molecule has 1 amide bonds. The monoisotopic (exact) mass is 435 g/mol. The molecule has 2 aromatic heterocycles. The van der Waals surface area contributed by atoms with Gasteiger partial charge >= 0.3 is 0 Å². The van der Waals surface area contributed by atoms with Crippen LogP contribution in [0.15, 0.2) is 78.2 Å². The Hall–Kier alpha value is -3.16. The number of para-hydroxylation sites is 1. The van der Waals surface area contributed by atoms with E-state index in [4.69, 9.17) is 11.6 Å². The smallest absolute Gasteiger partial charge is 0.234 e. The molecule has 1 N–H and O–H groups in total. The molecule has 0 aliphatic heterocycles. The van der Waals surface area contributed by atoms with Gasteiger partial charge in [0.05, 0.1) is 5.75 Å². The summed E-state index contributed by atoms with van der Waals surface area (Å²) in [5.41, 5.74) is 3.36. The Balaban J connectivity index is 1.58.